The van der Waals surface area contributed by atoms with Gasteiger partial charge < -0.3 is 25.2 Å². The van der Waals surface area contributed by atoms with Crippen LogP contribution in [0.25, 0.3) is 0 Å². The number of amides is 2. The SMILES string of the molecule is C=CC(C[C@H](O)CNC(=O)COc1ccc(C)c(C)c1)NC(=O)COc1ccc(C)c(C)c1. The van der Waals surface area contributed by atoms with Gasteiger partial charge in [0.2, 0.25) is 0 Å². The number of ether oxygens (including phenoxy) is 2. The lowest BCUT2D eigenvalue weighted by Crippen LogP contribution is -2.42. The minimum absolute atomic E-state index is 0.0362. The average Bonchev–Trinajstić information content (AvgIpc) is 2.78. The fourth-order valence-electron chi connectivity index (χ4n) is 3.03. The van der Waals surface area contributed by atoms with Gasteiger partial charge in [-0.05, 0) is 80.6 Å². The average molecular weight is 455 g/mol. The summed E-state index contributed by atoms with van der Waals surface area (Å²) >= 11 is 0. The van der Waals surface area contributed by atoms with E-state index in [0.29, 0.717) is 11.5 Å². The Morgan fingerprint density at radius 3 is 1.91 bits per heavy atom. The van der Waals surface area contributed by atoms with Gasteiger partial charge in [0.1, 0.15) is 11.5 Å². The Morgan fingerprint density at radius 1 is 0.909 bits per heavy atom. The number of benzene rings is 2. The number of aliphatic hydroxyl groups excluding tert-OH is 1. The van der Waals surface area contributed by atoms with Crippen molar-refractivity contribution in [2.75, 3.05) is 19.8 Å². The molecule has 0 aliphatic heterocycles. The summed E-state index contributed by atoms with van der Waals surface area (Å²) in [4.78, 5) is 24.2. The van der Waals surface area contributed by atoms with Crippen LogP contribution < -0.4 is 20.1 Å². The van der Waals surface area contributed by atoms with Crippen molar-refractivity contribution in [3.63, 3.8) is 0 Å². The molecule has 2 atom stereocenters. The first kappa shape index (κ1) is 25.9. The van der Waals surface area contributed by atoms with Gasteiger partial charge in [0.05, 0.1) is 6.10 Å². The van der Waals surface area contributed by atoms with Gasteiger partial charge in [-0.2, -0.15) is 0 Å². The van der Waals surface area contributed by atoms with Crippen LogP contribution >= 0.6 is 0 Å². The molecule has 2 aromatic rings. The minimum Gasteiger partial charge on any atom is -0.484 e. The largest absolute Gasteiger partial charge is 0.484 e. The van der Waals surface area contributed by atoms with E-state index in [2.05, 4.69) is 17.2 Å². The summed E-state index contributed by atoms with van der Waals surface area (Å²) in [5, 5.41) is 15.6. The maximum atomic E-state index is 12.2. The van der Waals surface area contributed by atoms with Gasteiger partial charge in [-0.25, -0.2) is 0 Å². The van der Waals surface area contributed by atoms with E-state index in [1.165, 1.54) is 0 Å². The molecule has 2 amide bonds. The Hall–Kier alpha value is -3.32. The lowest BCUT2D eigenvalue weighted by Gasteiger charge is -2.19. The first-order valence-corrected chi connectivity index (χ1v) is 10.9. The summed E-state index contributed by atoms with van der Waals surface area (Å²) in [6.45, 7) is 11.4. The summed E-state index contributed by atoms with van der Waals surface area (Å²) in [5.41, 5.74) is 4.47. The first-order valence-electron chi connectivity index (χ1n) is 10.9. The highest BCUT2D eigenvalue weighted by molar-refractivity contribution is 5.78. The topological polar surface area (TPSA) is 96.9 Å². The molecular weight excluding hydrogens is 420 g/mol. The van der Waals surface area contributed by atoms with E-state index < -0.39 is 12.1 Å². The van der Waals surface area contributed by atoms with E-state index >= 15 is 0 Å². The normalized spacial score (nSPS) is 12.4. The zero-order valence-electron chi connectivity index (χ0n) is 19.8. The van der Waals surface area contributed by atoms with Crippen LogP contribution in [0.1, 0.15) is 28.7 Å². The van der Waals surface area contributed by atoms with Gasteiger partial charge in [-0.3, -0.25) is 9.59 Å². The van der Waals surface area contributed by atoms with E-state index in [0.717, 1.165) is 22.3 Å². The number of aliphatic hydroxyl groups is 1. The van der Waals surface area contributed by atoms with Crippen LogP contribution in [0.4, 0.5) is 0 Å². The molecule has 0 aliphatic rings. The third-order valence-electron chi connectivity index (χ3n) is 5.39. The van der Waals surface area contributed by atoms with Crippen molar-refractivity contribution in [3.05, 3.63) is 71.3 Å². The number of carbonyl (C=O) groups is 2. The molecule has 178 valence electrons. The van der Waals surface area contributed by atoms with Gasteiger partial charge in [0.15, 0.2) is 13.2 Å². The number of rotatable bonds is 12. The Labute approximate surface area is 195 Å². The molecule has 7 nitrogen and oxygen atoms in total. The van der Waals surface area contributed by atoms with E-state index in [9.17, 15) is 14.7 Å². The molecule has 0 saturated carbocycles. The van der Waals surface area contributed by atoms with Crippen molar-refractivity contribution < 1.29 is 24.2 Å². The smallest absolute Gasteiger partial charge is 0.258 e. The Kier molecular flexibility index (Phi) is 9.94. The standard InChI is InChI=1S/C26H34N2O5/c1-6-21(28-26(31)16-33-24-10-8-18(3)20(5)12-24)13-22(29)14-27-25(30)15-32-23-9-7-17(2)19(4)11-23/h6-12,21-22,29H,1,13-16H2,2-5H3,(H,27,30)(H,28,31)/t21?,22-/m0/s1. The van der Waals surface area contributed by atoms with Crippen molar-refractivity contribution in [1.29, 1.82) is 0 Å². The molecule has 33 heavy (non-hydrogen) atoms. The van der Waals surface area contributed by atoms with Crippen molar-refractivity contribution in [1.82, 2.24) is 10.6 Å². The van der Waals surface area contributed by atoms with Crippen LogP contribution in [-0.4, -0.2) is 48.8 Å². The molecule has 1 unspecified atom stereocenters. The molecular formula is C26H34N2O5. The van der Waals surface area contributed by atoms with Crippen molar-refractivity contribution in [2.45, 2.75) is 46.3 Å². The van der Waals surface area contributed by atoms with E-state index in [1.807, 2.05) is 64.1 Å². The lowest BCUT2D eigenvalue weighted by molar-refractivity contribution is -0.124. The summed E-state index contributed by atoms with van der Waals surface area (Å²) in [7, 11) is 0. The Balaban J connectivity index is 1.69. The molecule has 0 saturated heterocycles. The van der Waals surface area contributed by atoms with Gasteiger partial charge in [-0.15, -0.1) is 6.58 Å². The lowest BCUT2D eigenvalue weighted by atomic mass is 10.1. The molecule has 0 bridgehead atoms. The number of carbonyl (C=O) groups excluding carboxylic acids is 2. The zero-order chi connectivity index (χ0) is 24.4. The van der Waals surface area contributed by atoms with E-state index in [-0.39, 0.29) is 38.0 Å². The Morgan fingerprint density at radius 2 is 1.42 bits per heavy atom. The third kappa shape index (κ3) is 8.98. The van der Waals surface area contributed by atoms with Gasteiger partial charge in [0.25, 0.3) is 11.8 Å². The third-order valence-corrected chi connectivity index (χ3v) is 5.39. The predicted octanol–water partition coefficient (Wildman–Crippen LogP) is 2.92. The molecule has 0 fully saturated rings. The first-order chi connectivity index (χ1) is 15.7. The highest BCUT2D eigenvalue weighted by Gasteiger charge is 2.16. The van der Waals surface area contributed by atoms with E-state index in [4.69, 9.17) is 9.47 Å². The molecule has 0 aliphatic carbocycles. The summed E-state index contributed by atoms with van der Waals surface area (Å²) in [6, 6.07) is 10.8. The van der Waals surface area contributed by atoms with Crippen LogP contribution in [0.3, 0.4) is 0 Å². The summed E-state index contributed by atoms with van der Waals surface area (Å²) in [6.07, 6.45) is 0.887. The van der Waals surface area contributed by atoms with Crippen molar-refractivity contribution in [2.24, 2.45) is 0 Å². The fraction of sp³-hybridized carbons (Fsp3) is 0.385. The molecule has 7 heteroatoms. The summed E-state index contributed by atoms with van der Waals surface area (Å²) in [5.74, 6) is 0.574. The molecule has 3 N–H and O–H groups in total. The maximum absolute atomic E-state index is 12.2. The van der Waals surface area contributed by atoms with Gasteiger partial charge >= 0.3 is 0 Å². The molecule has 2 aromatic carbocycles. The fourth-order valence-corrected chi connectivity index (χ4v) is 3.03. The Bertz CT molecular complexity index is 973. The number of hydrogen-bond donors (Lipinski definition) is 3. The number of aryl methyl sites for hydroxylation is 4. The monoisotopic (exact) mass is 454 g/mol. The van der Waals surface area contributed by atoms with Gasteiger partial charge in [-0.1, -0.05) is 18.2 Å². The zero-order valence-corrected chi connectivity index (χ0v) is 19.8. The van der Waals surface area contributed by atoms with Crippen LogP contribution in [0.2, 0.25) is 0 Å². The molecule has 0 heterocycles. The molecule has 0 radical (unpaired) electrons. The molecule has 0 spiro atoms. The summed E-state index contributed by atoms with van der Waals surface area (Å²) < 4.78 is 11.0. The van der Waals surface area contributed by atoms with Crippen LogP contribution in [0.15, 0.2) is 49.1 Å². The maximum Gasteiger partial charge on any atom is 0.258 e. The molecule has 0 aromatic heterocycles. The van der Waals surface area contributed by atoms with Crippen LogP contribution in [0, 0.1) is 27.7 Å². The molecule has 2 rings (SSSR count). The van der Waals surface area contributed by atoms with Gasteiger partial charge in [0, 0.05) is 12.6 Å². The second-order valence-electron chi connectivity index (χ2n) is 8.17. The second-order valence-corrected chi connectivity index (χ2v) is 8.17. The quantitative estimate of drug-likeness (QED) is 0.429. The number of nitrogens with one attached hydrogen (secondary N) is 2. The van der Waals surface area contributed by atoms with Crippen LogP contribution in [0.5, 0.6) is 11.5 Å². The predicted molar refractivity (Wildman–Crippen MR) is 129 cm³/mol. The minimum atomic E-state index is -0.862. The highest BCUT2D eigenvalue weighted by atomic mass is 16.5. The number of hydrogen-bond acceptors (Lipinski definition) is 5. The second kappa shape index (κ2) is 12.6. The van der Waals surface area contributed by atoms with E-state index in [1.54, 1.807) is 6.08 Å². The highest BCUT2D eigenvalue weighted by Crippen LogP contribution is 2.17. The van der Waals surface area contributed by atoms with Crippen LogP contribution in [-0.2, 0) is 9.59 Å². The van der Waals surface area contributed by atoms with Crippen molar-refractivity contribution >= 4 is 11.8 Å². The van der Waals surface area contributed by atoms with Crippen molar-refractivity contribution in [3.8, 4) is 11.5 Å².